The van der Waals surface area contributed by atoms with Crippen LogP contribution in [0.1, 0.15) is 62.8 Å². The molecule has 1 aliphatic heterocycles. The van der Waals surface area contributed by atoms with Crippen molar-refractivity contribution in [1.29, 1.82) is 0 Å². The Morgan fingerprint density at radius 1 is 1.05 bits per heavy atom. The first-order valence-corrected chi connectivity index (χ1v) is 14.4. The number of anilines is 1. The lowest BCUT2D eigenvalue weighted by Crippen LogP contribution is -2.40. The molecule has 3 aromatic carbocycles. The molecule has 1 atom stereocenters. The Hall–Kier alpha value is -4.23. The molecule has 204 valence electrons. The number of carbonyl (C=O) groups is 1. The van der Waals surface area contributed by atoms with Crippen LogP contribution in [-0.4, -0.2) is 17.1 Å². The minimum Gasteiger partial charge on any atom is -0.494 e. The molecular formula is C33H33N3O3S. The third-order valence-corrected chi connectivity index (χ3v) is 7.85. The van der Waals surface area contributed by atoms with Crippen molar-refractivity contribution >= 4 is 29.0 Å². The van der Waals surface area contributed by atoms with Gasteiger partial charge in [0.2, 0.25) is 0 Å². The number of nitrogens with one attached hydrogen (secondary N) is 1. The molecule has 0 unspecified atom stereocenters. The summed E-state index contributed by atoms with van der Waals surface area (Å²) in [6.07, 6.45) is 2.81. The highest BCUT2D eigenvalue weighted by molar-refractivity contribution is 7.07. The quantitative estimate of drug-likeness (QED) is 0.302. The van der Waals surface area contributed by atoms with Gasteiger partial charge in [0.25, 0.3) is 11.5 Å². The molecule has 0 aliphatic carbocycles. The maximum Gasteiger partial charge on any atom is 0.271 e. The summed E-state index contributed by atoms with van der Waals surface area (Å²) in [5, 5.41) is 3.00. The highest BCUT2D eigenvalue weighted by Gasteiger charge is 2.32. The van der Waals surface area contributed by atoms with Crippen molar-refractivity contribution in [1.82, 2.24) is 4.57 Å². The number of allylic oxidation sites excluding steroid dienone is 1. The Morgan fingerprint density at radius 2 is 1.75 bits per heavy atom. The van der Waals surface area contributed by atoms with Crippen molar-refractivity contribution in [3.8, 4) is 5.75 Å². The van der Waals surface area contributed by atoms with E-state index in [1.807, 2.05) is 79.7 Å². The van der Waals surface area contributed by atoms with E-state index >= 15 is 0 Å². The second-order valence-electron chi connectivity index (χ2n) is 10.1. The number of thiazole rings is 1. The average Bonchev–Trinajstić information content (AvgIpc) is 3.26. The molecule has 0 radical (unpaired) electrons. The zero-order valence-corrected chi connectivity index (χ0v) is 24.0. The highest BCUT2D eigenvalue weighted by Crippen LogP contribution is 2.31. The van der Waals surface area contributed by atoms with E-state index in [9.17, 15) is 9.59 Å². The normalized spacial score (nSPS) is 15.1. The number of hydrogen-bond acceptors (Lipinski definition) is 5. The fourth-order valence-corrected chi connectivity index (χ4v) is 5.79. The van der Waals surface area contributed by atoms with Gasteiger partial charge >= 0.3 is 0 Å². The van der Waals surface area contributed by atoms with Crippen LogP contribution in [0.5, 0.6) is 5.75 Å². The minimum atomic E-state index is -0.604. The predicted molar refractivity (Wildman–Crippen MR) is 162 cm³/mol. The van der Waals surface area contributed by atoms with E-state index in [1.165, 1.54) is 16.9 Å². The number of amides is 1. The van der Waals surface area contributed by atoms with Gasteiger partial charge in [-0.15, -0.1) is 0 Å². The lowest BCUT2D eigenvalue weighted by atomic mass is 9.93. The van der Waals surface area contributed by atoms with Gasteiger partial charge in [-0.2, -0.15) is 0 Å². The standard InChI is InChI=1S/C33H33N3O3S/c1-5-19-39-27-17-11-23(12-18-27)20-28-32(38)36-30(25-15-13-24(14-16-25)21(2)3)29(22(4)34-33(36)40-28)31(37)35-26-9-7-6-8-10-26/h6-18,20-21,30H,5,19H2,1-4H3,(H,35,37)/b28-20-/t30-/m1/s1. The van der Waals surface area contributed by atoms with E-state index in [0.717, 1.165) is 23.3 Å². The van der Waals surface area contributed by atoms with Gasteiger partial charge in [0.15, 0.2) is 4.80 Å². The predicted octanol–water partition coefficient (Wildman–Crippen LogP) is 5.79. The minimum absolute atomic E-state index is 0.175. The lowest BCUT2D eigenvalue weighted by Gasteiger charge is -2.25. The fourth-order valence-electron chi connectivity index (χ4n) is 4.74. The van der Waals surface area contributed by atoms with Crippen LogP contribution in [0.25, 0.3) is 6.08 Å². The van der Waals surface area contributed by atoms with Crippen LogP contribution in [0.4, 0.5) is 5.69 Å². The Labute approximate surface area is 238 Å². The van der Waals surface area contributed by atoms with Crippen molar-refractivity contribution in [3.63, 3.8) is 0 Å². The lowest BCUT2D eigenvalue weighted by molar-refractivity contribution is -0.113. The molecule has 1 aliphatic rings. The first-order chi connectivity index (χ1) is 19.4. The smallest absolute Gasteiger partial charge is 0.271 e. The fraction of sp³-hybridized carbons (Fsp3) is 0.242. The van der Waals surface area contributed by atoms with Crippen LogP contribution in [0.15, 0.2) is 99.9 Å². The monoisotopic (exact) mass is 551 g/mol. The number of benzene rings is 3. The van der Waals surface area contributed by atoms with Gasteiger partial charge in [-0.1, -0.05) is 86.7 Å². The van der Waals surface area contributed by atoms with Crippen molar-refractivity contribution in [2.24, 2.45) is 4.99 Å². The topological polar surface area (TPSA) is 72.7 Å². The number of ether oxygens (including phenoxy) is 1. The van der Waals surface area contributed by atoms with Gasteiger partial charge in [0.05, 0.1) is 28.5 Å². The molecule has 1 aromatic heterocycles. The van der Waals surface area contributed by atoms with Crippen LogP contribution in [0, 0.1) is 0 Å². The van der Waals surface area contributed by atoms with Gasteiger partial charge in [0.1, 0.15) is 5.75 Å². The number of carbonyl (C=O) groups excluding carboxylic acids is 1. The first kappa shape index (κ1) is 27.3. The molecular weight excluding hydrogens is 518 g/mol. The average molecular weight is 552 g/mol. The number of fused-ring (bicyclic) bond motifs is 1. The van der Waals surface area contributed by atoms with Gasteiger partial charge in [-0.25, -0.2) is 4.99 Å². The summed E-state index contributed by atoms with van der Waals surface area (Å²) in [4.78, 5) is 32.9. The molecule has 40 heavy (non-hydrogen) atoms. The van der Waals surface area contributed by atoms with Gasteiger partial charge in [0, 0.05) is 5.69 Å². The van der Waals surface area contributed by atoms with E-state index in [0.29, 0.717) is 38.8 Å². The summed E-state index contributed by atoms with van der Waals surface area (Å²) in [7, 11) is 0. The largest absolute Gasteiger partial charge is 0.494 e. The first-order valence-electron chi connectivity index (χ1n) is 13.6. The molecule has 0 spiro atoms. The van der Waals surface area contributed by atoms with Crippen LogP contribution < -0.4 is 24.9 Å². The SMILES string of the molecule is CCCOc1ccc(/C=c2\sc3n(c2=O)[C@H](c2ccc(C(C)C)cc2)C(C(=O)Nc2ccccc2)=C(C)N=3)cc1. The van der Waals surface area contributed by atoms with Gasteiger partial charge in [-0.3, -0.25) is 14.2 Å². The number of para-hydroxylation sites is 1. The highest BCUT2D eigenvalue weighted by atomic mass is 32.1. The summed E-state index contributed by atoms with van der Waals surface area (Å²) >= 11 is 1.33. The van der Waals surface area contributed by atoms with E-state index < -0.39 is 6.04 Å². The molecule has 2 heterocycles. The number of nitrogens with zero attached hydrogens (tertiary/aromatic N) is 2. The molecule has 1 amide bonds. The third-order valence-electron chi connectivity index (χ3n) is 6.87. The van der Waals surface area contributed by atoms with Crippen molar-refractivity contribution in [3.05, 3.63) is 127 Å². The summed E-state index contributed by atoms with van der Waals surface area (Å²) in [5.74, 6) is 0.894. The Bertz CT molecular complexity index is 1710. The zero-order valence-electron chi connectivity index (χ0n) is 23.2. The molecule has 6 nitrogen and oxygen atoms in total. The number of hydrogen-bond donors (Lipinski definition) is 1. The van der Waals surface area contributed by atoms with Crippen molar-refractivity contribution in [2.45, 2.75) is 46.1 Å². The Balaban J connectivity index is 1.60. The Morgan fingerprint density at radius 3 is 2.40 bits per heavy atom. The van der Waals surface area contributed by atoms with Crippen LogP contribution in [0.3, 0.4) is 0 Å². The molecule has 1 N–H and O–H groups in total. The van der Waals surface area contributed by atoms with E-state index in [4.69, 9.17) is 9.73 Å². The zero-order chi connectivity index (χ0) is 28.2. The van der Waals surface area contributed by atoms with Crippen LogP contribution in [0.2, 0.25) is 0 Å². The van der Waals surface area contributed by atoms with Gasteiger partial charge < -0.3 is 10.1 Å². The van der Waals surface area contributed by atoms with E-state index in [2.05, 4.69) is 38.2 Å². The molecule has 0 bridgehead atoms. The van der Waals surface area contributed by atoms with E-state index in [1.54, 1.807) is 4.57 Å². The summed E-state index contributed by atoms with van der Waals surface area (Å²) in [6.45, 7) is 8.85. The maximum atomic E-state index is 13.9. The Kier molecular flexibility index (Phi) is 8.12. The van der Waals surface area contributed by atoms with Crippen LogP contribution in [-0.2, 0) is 4.79 Å². The van der Waals surface area contributed by atoms with Crippen molar-refractivity contribution < 1.29 is 9.53 Å². The number of rotatable bonds is 8. The van der Waals surface area contributed by atoms with E-state index in [-0.39, 0.29) is 11.5 Å². The molecule has 0 saturated heterocycles. The van der Waals surface area contributed by atoms with Gasteiger partial charge in [-0.05, 0) is 66.3 Å². The summed E-state index contributed by atoms with van der Waals surface area (Å²) in [5.41, 5.74) is 4.51. The molecule has 5 rings (SSSR count). The maximum absolute atomic E-state index is 13.9. The second-order valence-corrected chi connectivity index (χ2v) is 11.1. The molecule has 7 heteroatoms. The van der Waals surface area contributed by atoms with Crippen LogP contribution >= 0.6 is 11.3 Å². The summed E-state index contributed by atoms with van der Waals surface area (Å²) < 4.78 is 7.91. The van der Waals surface area contributed by atoms with Crippen molar-refractivity contribution in [2.75, 3.05) is 11.9 Å². The molecule has 4 aromatic rings. The second kappa shape index (κ2) is 11.9. The third kappa shape index (κ3) is 5.70. The number of aromatic nitrogens is 1. The molecule has 0 fully saturated rings. The molecule has 0 saturated carbocycles. The summed E-state index contributed by atoms with van der Waals surface area (Å²) in [6, 6.07) is 24.6.